The van der Waals surface area contributed by atoms with E-state index in [1.54, 1.807) is 11.6 Å². The number of unbranched alkanes of at least 4 members (excludes halogenated alkanes) is 16. The molecule has 2 amide bonds. The van der Waals surface area contributed by atoms with Crippen molar-refractivity contribution in [2.45, 2.75) is 122 Å². The number of carbonyl (C=O) groups excluding carboxylic acids is 2. The van der Waals surface area contributed by atoms with Crippen LogP contribution in [0.15, 0.2) is 11.6 Å². The number of hydrogen-bond acceptors (Lipinski definition) is 5. The number of amides is 2. The predicted molar refractivity (Wildman–Crippen MR) is 150 cm³/mol. The lowest BCUT2D eigenvalue weighted by Gasteiger charge is -2.05. The molecule has 1 rings (SSSR count). The summed E-state index contributed by atoms with van der Waals surface area (Å²) in [7, 11) is 0. The Labute approximate surface area is 217 Å². The van der Waals surface area contributed by atoms with E-state index in [9.17, 15) is 9.59 Å². The quantitative estimate of drug-likeness (QED) is 0.115. The minimum absolute atomic E-state index is 0.452. The molecule has 0 saturated heterocycles. The lowest BCUT2D eigenvalue weighted by molar-refractivity contribution is -0.136. The summed E-state index contributed by atoms with van der Waals surface area (Å²) >= 11 is 3.44. The number of hydrogen-bond donors (Lipinski definition) is 2. The molecule has 7 heteroatoms. The van der Waals surface area contributed by atoms with Crippen LogP contribution in [-0.2, 0) is 9.59 Å². The zero-order valence-electron chi connectivity index (χ0n) is 21.6. The van der Waals surface area contributed by atoms with Gasteiger partial charge in [0.05, 0.1) is 0 Å². The molecule has 0 saturated carbocycles. The monoisotopic (exact) mass is 511 g/mol. The van der Waals surface area contributed by atoms with Crippen molar-refractivity contribution in [1.82, 2.24) is 10.3 Å². The highest BCUT2D eigenvalue weighted by molar-refractivity contribution is 7.99. The van der Waals surface area contributed by atoms with E-state index in [0.717, 1.165) is 12.8 Å². The number of nitrogens with zero attached hydrogens (tertiary/aromatic N) is 1. The first kappa shape index (κ1) is 31.0. The molecule has 196 valence electrons. The van der Waals surface area contributed by atoms with Gasteiger partial charge in [0.1, 0.15) is 0 Å². The maximum atomic E-state index is 11.7. The number of thiazole rings is 1. The summed E-state index contributed by atoms with van der Waals surface area (Å²) < 4.78 is 0. The largest absolute Gasteiger partial charge is 0.348 e. The Hall–Kier alpha value is -1.08. The third-order valence-corrected chi connectivity index (χ3v) is 7.85. The van der Waals surface area contributed by atoms with Gasteiger partial charge in [-0.3, -0.25) is 14.9 Å². The van der Waals surface area contributed by atoms with Gasteiger partial charge >= 0.3 is 11.8 Å². The van der Waals surface area contributed by atoms with Crippen LogP contribution in [0.1, 0.15) is 122 Å². The maximum absolute atomic E-state index is 11.7. The van der Waals surface area contributed by atoms with E-state index in [1.165, 1.54) is 126 Å². The van der Waals surface area contributed by atoms with Crippen molar-refractivity contribution in [2.24, 2.45) is 0 Å². The molecule has 0 fully saturated rings. The molecule has 0 spiro atoms. The molecule has 0 aliphatic rings. The molecule has 1 aromatic rings. The van der Waals surface area contributed by atoms with E-state index in [1.807, 2.05) is 0 Å². The first-order valence-electron chi connectivity index (χ1n) is 13.8. The van der Waals surface area contributed by atoms with E-state index >= 15 is 0 Å². The Balaban J connectivity index is 1.72. The summed E-state index contributed by atoms with van der Waals surface area (Å²) in [5.74, 6) is 1.45. The number of carbonyl (C=O) groups is 2. The third-order valence-electron chi connectivity index (χ3n) is 6.00. The van der Waals surface area contributed by atoms with Crippen molar-refractivity contribution < 1.29 is 9.59 Å². The Morgan fingerprint density at radius 3 is 1.74 bits per heavy atom. The topological polar surface area (TPSA) is 71.1 Å². The van der Waals surface area contributed by atoms with Gasteiger partial charge in [-0.15, -0.1) is 11.3 Å². The second-order valence-electron chi connectivity index (χ2n) is 9.17. The molecule has 2 N–H and O–H groups in total. The molecule has 0 aliphatic heterocycles. The molecule has 0 aromatic carbocycles. The van der Waals surface area contributed by atoms with Gasteiger partial charge in [-0.2, -0.15) is 11.8 Å². The highest BCUT2D eigenvalue weighted by atomic mass is 32.2. The number of nitrogens with one attached hydrogen (secondary N) is 2. The van der Waals surface area contributed by atoms with Crippen molar-refractivity contribution in [2.75, 3.05) is 23.4 Å². The van der Waals surface area contributed by atoms with Gasteiger partial charge < -0.3 is 5.32 Å². The van der Waals surface area contributed by atoms with E-state index in [-0.39, 0.29) is 0 Å². The summed E-state index contributed by atoms with van der Waals surface area (Å²) in [6.45, 7) is 2.84. The predicted octanol–water partition coefficient (Wildman–Crippen LogP) is 7.97. The smallest absolute Gasteiger partial charge is 0.315 e. The van der Waals surface area contributed by atoms with Crippen molar-refractivity contribution >= 4 is 40.0 Å². The van der Waals surface area contributed by atoms with Gasteiger partial charge in [0.25, 0.3) is 0 Å². The van der Waals surface area contributed by atoms with Gasteiger partial charge in [0, 0.05) is 18.1 Å². The Morgan fingerprint density at radius 1 is 0.735 bits per heavy atom. The lowest BCUT2D eigenvalue weighted by atomic mass is 10.1. The van der Waals surface area contributed by atoms with Crippen LogP contribution in [0.3, 0.4) is 0 Å². The summed E-state index contributed by atoms with van der Waals surface area (Å²) in [6, 6.07) is 0. The molecule has 0 bridgehead atoms. The molecular formula is C27H49N3O2S2. The van der Waals surface area contributed by atoms with Crippen LogP contribution in [0.4, 0.5) is 5.13 Å². The van der Waals surface area contributed by atoms with Gasteiger partial charge in [-0.05, 0) is 30.8 Å². The molecule has 0 aliphatic carbocycles. The summed E-state index contributed by atoms with van der Waals surface area (Å²) in [6.07, 6.45) is 25.7. The summed E-state index contributed by atoms with van der Waals surface area (Å²) in [5.41, 5.74) is 0. The molecule has 0 unspecified atom stereocenters. The fourth-order valence-electron chi connectivity index (χ4n) is 3.90. The van der Waals surface area contributed by atoms with Crippen molar-refractivity contribution in [3.05, 3.63) is 11.6 Å². The summed E-state index contributed by atoms with van der Waals surface area (Å²) in [4.78, 5) is 27.4. The van der Waals surface area contributed by atoms with Gasteiger partial charge in [-0.25, -0.2) is 4.98 Å². The molecule has 0 atom stereocenters. The zero-order chi connectivity index (χ0) is 24.5. The Morgan fingerprint density at radius 2 is 1.24 bits per heavy atom. The van der Waals surface area contributed by atoms with Crippen molar-refractivity contribution in [1.29, 1.82) is 0 Å². The summed E-state index contributed by atoms with van der Waals surface area (Å²) in [5, 5.41) is 7.38. The van der Waals surface area contributed by atoms with Crippen LogP contribution in [-0.4, -0.2) is 34.8 Å². The molecule has 1 aromatic heterocycles. The fourth-order valence-corrected chi connectivity index (χ4v) is 5.45. The van der Waals surface area contributed by atoms with Crippen LogP contribution in [0.5, 0.6) is 0 Å². The number of thioether (sulfide) groups is 1. The minimum atomic E-state index is -0.642. The zero-order valence-corrected chi connectivity index (χ0v) is 23.2. The van der Waals surface area contributed by atoms with Crippen LogP contribution in [0.25, 0.3) is 0 Å². The van der Waals surface area contributed by atoms with E-state index in [4.69, 9.17) is 0 Å². The normalized spacial score (nSPS) is 11.0. The van der Waals surface area contributed by atoms with Crippen LogP contribution >= 0.6 is 23.1 Å². The number of rotatable bonds is 23. The maximum Gasteiger partial charge on any atom is 0.315 e. The second kappa shape index (κ2) is 23.7. The Bertz CT molecular complexity index is 597. The van der Waals surface area contributed by atoms with E-state index < -0.39 is 11.8 Å². The molecule has 34 heavy (non-hydrogen) atoms. The second-order valence-corrected chi connectivity index (χ2v) is 11.3. The highest BCUT2D eigenvalue weighted by Crippen LogP contribution is 2.15. The van der Waals surface area contributed by atoms with E-state index in [2.05, 4.69) is 34.3 Å². The minimum Gasteiger partial charge on any atom is -0.348 e. The fraction of sp³-hybridized carbons (Fsp3) is 0.815. The highest BCUT2D eigenvalue weighted by Gasteiger charge is 2.13. The average Bonchev–Trinajstić information content (AvgIpc) is 3.35. The van der Waals surface area contributed by atoms with Gasteiger partial charge in [0.15, 0.2) is 5.13 Å². The first-order valence-corrected chi connectivity index (χ1v) is 15.8. The van der Waals surface area contributed by atoms with Crippen LogP contribution in [0.2, 0.25) is 0 Å². The first-order chi connectivity index (χ1) is 16.7. The van der Waals surface area contributed by atoms with Crippen molar-refractivity contribution in [3.63, 3.8) is 0 Å². The standard InChI is InChI=1S/C27H49N3O2S2/c1-2-3-4-5-6-7-9-12-15-18-22-33-23-19-16-13-10-8-11-14-17-20-28-25(31)26(32)30-27-29-21-24-34-27/h21,24H,2-20,22-23H2,1H3,(H,28,31)(H,29,30,32). The lowest BCUT2D eigenvalue weighted by Crippen LogP contribution is -2.35. The average molecular weight is 512 g/mol. The SMILES string of the molecule is CCCCCCCCCCCCSCCCCCCCCCCNC(=O)C(=O)Nc1nccs1. The van der Waals surface area contributed by atoms with Gasteiger partial charge in [-0.1, -0.05) is 103 Å². The third kappa shape index (κ3) is 19.2. The number of anilines is 1. The molecular weight excluding hydrogens is 462 g/mol. The van der Waals surface area contributed by atoms with Crippen LogP contribution < -0.4 is 10.6 Å². The van der Waals surface area contributed by atoms with Crippen LogP contribution in [0, 0.1) is 0 Å². The van der Waals surface area contributed by atoms with Crippen molar-refractivity contribution in [3.8, 4) is 0 Å². The molecule has 1 heterocycles. The molecule has 5 nitrogen and oxygen atoms in total. The number of aromatic nitrogens is 1. The van der Waals surface area contributed by atoms with E-state index in [0.29, 0.717) is 11.7 Å². The van der Waals surface area contributed by atoms with Gasteiger partial charge in [0.2, 0.25) is 0 Å². The molecule has 0 radical (unpaired) electrons. The Kier molecular flexibility index (Phi) is 21.5.